The van der Waals surface area contributed by atoms with Crippen molar-refractivity contribution in [3.05, 3.63) is 0 Å². The van der Waals surface area contributed by atoms with Crippen molar-refractivity contribution in [3.63, 3.8) is 0 Å². The number of hydrogen-bond donors (Lipinski definition) is 1. The van der Waals surface area contributed by atoms with Gasteiger partial charge in [0.1, 0.15) is 0 Å². The lowest BCUT2D eigenvalue weighted by molar-refractivity contribution is -0.132. The van der Waals surface area contributed by atoms with E-state index in [1.165, 1.54) is 5.75 Å². The van der Waals surface area contributed by atoms with E-state index >= 15 is 0 Å². The Labute approximate surface area is 109 Å². The summed E-state index contributed by atoms with van der Waals surface area (Å²) in [6.07, 6.45) is 2.81. The standard InChI is InChI=1S/C13H26N2OS/c1-10(2)6-11(8-14)7-13(16)15(3)12-4-5-17-9-12/h10-12H,4-9,14H2,1-3H3/t11-,12?/m0/s1. The SMILES string of the molecule is CC(C)C[C@H](CN)CC(=O)N(C)C1CCSC1. The van der Waals surface area contributed by atoms with E-state index in [9.17, 15) is 4.79 Å². The van der Waals surface area contributed by atoms with E-state index < -0.39 is 0 Å². The van der Waals surface area contributed by atoms with E-state index in [1.54, 1.807) is 0 Å². The number of nitrogens with two attached hydrogens (primary N) is 1. The van der Waals surface area contributed by atoms with E-state index in [2.05, 4.69) is 13.8 Å². The molecule has 1 fully saturated rings. The number of rotatable bonds is 6. The van der Waals surface area contributed by atoms with Gasteiger partial charge in [-0.1, -0.05) is 13.8 Å². The summed E-state index contributed by atoms with van der Waals surface area (Å²) >= 11 is 1.94. The molecule has 1 heterocycles. The van der Waals surface area contributed by atoms with Crippen molar-refractivity contribution in [2.45, 2.75) is 39.2 Å². The first-order valence-corrected chi connectivity index (χ1v) is 7.73. The third-order valence-corrected chi connectivity index (χ3v) is 4.59. The molecule has 4 heteroatoms. The van der Waals surface area contributed by atoms with Crippen LogP contribution >= 0.6 is 11.8 Å². The van der Waals surface area contributed by atoms with Crippen LogP contribution < -0.4 is 5.73 Å². The average Bonchev–Trinajstić information content (AvgIpc) is 2.79. The summed E-state index contributed by atoms with van der Waals surface area (Å²) in [7, 11) is 1.95. The van der Waals surface area contributed by atoms with Gasteiger partial charge >= 0.3 is 0 Å². The van der Waals surface area contributed by atoms with Gasteiger partial charge in [-0.25, -0.2) is 0 Å². The van der Waals surface area contributed by atoms with Crippen LogP contribution in [0.2, 0.25) is 0 Å². The number of carbonyl (C=O) groups is 1. The molecule has 2 atom stereocenters. The summed E-state index contributed by atoms with van der Waals surface area (Å²) in [6, 6.07) is 0.449. The first kappa shape index (κ1) is 14.8. The van der Waals surface area contributed by atoms with Gasteiger partial charge in [0.15, 0.2) is 0 Å². The van der Waals surface area contributed by atoms with Gasteiger partial charge < -0.3 is 10.6 Å². The second kappa shape index (κ2) is 7.27. The average molecular weight is 258 g/mol. The van der Waals surface area contributed by atoms with Gasteiger partial charge in [-0.15, -0.1) is 0 Å². The molecule has 3 nitrogen and oxygen atoms in total. The molecule has 2 N–H and O–H groups in total. The molecule has 17 heavy (non-hydrogen) atoms. The maximum absolute atomic E-state index is 12.1. The van der Waals surface area contributed by atoms with Gasteiger partial charge in [0.05, 0.1) is 0 Å². The van der Waals surface area contributed by atoms with Crippen LogP contribution in [0, 0.1) is 11.8 Å². The largest absolute Gasteiger partial charge is 0.342 e. The highest BCUT2D eigenvalue weighted by molar-refractivity contribution is 7.99. The highest BCUT2D eigenvalue weighted by Crippen LogP contribution is 2.23. The van der Waals surface area contributed by atoms with Crippen LogP contribution in [0.3, 0.4) is 0 Å². The highest BCUT2D eigenvalue weighted by atomic mass is 32.2. The molecule has 0 aliphatic carbocycles. The fraction of sp³-hybridized carbons (Fsp3) is 0.923. The van der Waals surface area contributed by atoms with Gasteiger partial charge in [-0.05, 0) is 37.0 Å². The summed E-state index contributed by atoms with van der Waals surface area (Å²) in [5.74, 6) is 3.52. The minimum absolute atomic E-state index is 0.272. The van der Waals surface area contributed by atoms with Crippen molar-refractivity contribution >= 4 is 17.7 Å². The van der Waals surface area contributed by atoms with E-state index in [4.69, 9.17) is 5.73 Å². The molecule has 0 radical (unpaired) electrons. The van der Waals surface area contributed by atoms with Gasteiger partial charge in [-0.3, -0.25) is 4.79 Å². The zero-order chi connectivity index (χ0) is 12.8. The zero-order valence-electron chi connectivity index (χ0n) is 11.3. The molecule has 100 valence electrons. The van der Waals surface area contributed by atoms with Crippen LogP contribution in [0.25, 0.3) is 0 Å². The molecule has 1 unspecified atom stereocenters. The van der Waals surface area contributed by atoms with Crippen molar-refractivity contribution in [3.8, 4) is 0 Å². The Morgan fingerprint density at radius 2 is 2.24 bits per heavy atom. The van der Waals surface area contributed by atoms with Crippen molar-refractivity contribution in [2.24, 2.45) is 17.6 Å². The predicted octanol–water partition coefficient (Wildman–Crippen LogP) is 1.96. The molecule has 0 bridgehead atoms. The van der Waals surface area contributed by atoms with Gasteiger partial charge in [0, 0.05) is 25.3 Å². The predicted molar refractivity (Wildman–Crippen MR) is 75.1 cm³/mol. The van der Waals surface area contributed by atoms with Crippen LogP contribution in [0.4, 0.5) is 0 Å². The lowest BCUT2D eigenvalue weighted by Gasteiger charge is -2.26. The van der Waals surface area contributed by atoms with Gasteiger partial charge in [0.2, 0.25) is 5.91 Å². The van der Waals surface area contributed by atoms with Crippen LogP contribution in [0.1, 0.15) is 33.1 Å². The second-order valence-corrected chi connectivity index (χ2v) is 6.61. The maximum Gasteiger partial charge on any atom is 0.222 e. The van der Waals surface area contributed by atoms with Gasteiger partial charge in [0.25, 0.3) is 0 Å². The third-order valence-electron chi connectivity index (χ3n) is 3.45. The number of hydrogen-bond acceptors (Lipinski definition) is 3. The molecule has 1 saturated heterocycles. The minimum Gasteiger partial charge on any atom is -0.342 e. The smallest absolute Gasteiger partial charge is 0.222 e. The summed E-state index contributed by atoms with van der Waals surface area (Å²) in [4.78, 5) is 14.1. The van der Waals surface area contributed by atoms with Crippen LogP contribution in [0.5, 0.6) is 0 Å². The van der Waals surface area contributed by atoms with Crippen molar-refractivity contribution in [1.29, 1.82) is 0 Å². The molecule has 1 aliphatic heterocycles. The normalized spacial score (nSPS) is 21.8. The summed E-state index contributed by atoms with van der Waals surface area (Å²) in [5.41, 5.74) is 5.75. The van der Waals surface area contributed by atoms with E-state index in [0.717, 1.165) is 18.6 Å². The highest BCUT2D eigenvalue weighted by Gasteiger charge is 2.25. The quantitative estimate of drug-likeness (QED) is 0.792. The molecule has 1 aliphatic rings. The van der Waals surface area contributed by atoms with E-state index in [0.29, 0.717) is 30.8 Å². The topological polar surface area (TPSA) is 46.3 Å². The molecule has 0 aromatic rings. The molecule has 1 rings (SSSR count). The van der Waals surface area contributed by atoms with Crippen LogP contribution in [0.15, 0.2) is 0 Å². The van der Waals surface area contributed by atoms with Crippen molar-refractivity contribution < 1.29 is 4.79 Å². The van der Waals surface area contributed by atoms with Crippen molar-refractivity contribution in [2.75, 3.05) is 25.1 Å². The van der Waals surface area contributed by atoms with Crippen molar-refractivity contribution in [1.82, 2.24) is 4.90 Å². The Morgan fingerprint density at radius 1 is 1.53 bits per heavy atom. The molecule has 1 amide bonds. The minimum atomic E-state index is 0.272. The lowest BCUT2D eigenvalue weighted by Crippen LogP contribution is -2.38. The monoisotopic (exact) mass is 258 g/mol. The lowest BCUT2D eigenvalue weighted by atomic mass is 9.93. The molecular formula is C13H26N2OS. The molecule has 0 spiro atoms. The fourth-order valence-corrected chi connectivity index (χ4v) is 3.62. The molecule has 0 aromatic heterocycles. The Morgan fingerprint density at radius 3 is 2.71 bits per heavy atom. The molecule has 0 saturated carbocycles. The van der Waals surface area contributed by atoms with Crippen LogP contribution in [-0.4, -0.2) is 41.9 Å². The zero-order valence-corrected chi connectivity index (χ0v) is 12.1. The third kappa shape index (κ3) is 4.88. The number of carbonyl (C=O) groups excluding carboxylic acids is 1. The van der Waals surface area contributed by atoms with Crippen LogP contribution in [-0.2, 0) is 4.79 Å². The fourth-order valence-electron chi connectivity index (χ4n) is 2.35. The Balaban J connectivity index is 2.40. The Kier molecular flexibility index (Phi) is 6.34. The number of nitrogens with zero attached hydrogens (tertiary/aromatic N) is 1. The number of amides is 1. The maximum atomic E-state index is 12.1. The second-order valence-electron chi connectivity index (χ2n) is 5.46. The van der Waals surface area contributed by atoms with E-state index in [1.807, 2.05) is 23.7 Å². The Bertz CT molecular complexity index is 240. The first-order chi connectivity index (χ1) is 8.04. The summed E-state index contributed by atoms with van der Waals surface area (Å²) in [6.45, 7) is 4.99. The Hall–Kier alpha value is -0.220. The summed E-state index contributed by atoms with van der Waals surface area (Å²) in [5, 5.41) is 0. The van der Waals surface area contributed by atoms with Gasteiger partial charge in [-0.2, -0.15) is 11.8 Å². The molecule has 0 aromatic carbocycles. The first-order valence-electron chi connectivity index (χ1n) is 6.58. The molecular weight excluding hydrogens is 232 g/mol. The van der Waals surface area contributed by atoms with E-state index in [-0.39, 0.29) is 5.91 Å². The number of thioether (sulfide) groups is 1. The summed E-state index contributed by atoms with van der Waals surface area (Å²) < 4.78 is 0.